The van der Waals surface area contributed by atoms with Gasteiger partial charge in [0, 0.05) is 24.7 Å². The van der Waals surface area contributed by atoms with Gasteiger partial charge in [-0.1, -0.05) is 24.3 Å². The fourth-order valence-electron chi connectivity index (χ4n) is 3.31. The maximum absolute atomic E-state index is 12.9. The van der Waals surface area contributed by atoms with Crippen LogP contribution in [0.3, 0.4) is 0 Å². The largest absolute Gasteiger partial charge is 0.469 e. The van der Waals surface area contributed by atoms with Crippen molar-refractivity contribution in [3.8, 4) is 23.0 Å². The number of benzene rings is 2. The number of methoxy groups -OCH3 is 1. The van der Waals surface area contributed by atoms with E-state index < -0.39 is 0 Å². The number of nitriles is 1. The molecule has 6 nitrogen and oxygen atoms in total. The van der Waals surface area contributed by atoms with Gasteiger partial charge in [0.25, 0.3) is 0 Å². The second kappa shape index (κ2) is 7.97. The molecule has 0 aliphatic rings. The number of nitrogens with zero attached hydrogens (tertiary/aromatic N) is 3. The van der Waals surface area contributed by atoms with Gasteiger partial charge in [-0.15, -0.1) is 0 Å². The lowest BCUT2D eigenvalue weighted by molar-refractivity contribution is -0.140. The summed E-state index contributed by atoms with van der Waals surface area (Å²) < 4.78 is 7.94. The highest BCUT2D eigenvalue weighted by atomic mass is 16.5. The van der Waals surface area contributed by atoms with Crippen molar-refractivity contribution in [1.29, 1.82) is 5.26 Å². The van der Waals surface area contributed by atoms with Crippen molar-refractivity contribution in [3.05, 3.63) is 75.8 Å². The average molecular weight is 375 g/mol. The lowest BCUT2D eigenvalue weighted by Gasteiger charge is -2.07. The summed E-state index contributed by atoms with van der Waals surface area (Å²) in [5, 5.41) is 8.98. The first-order valence-corrected chi connectivity index (χ1v) is 8.91. The topological polar surface area (TPSA) is 77.0 Å². The Kier molecular flexibility index (Phi) is 5.46. The SMILES string of the molecule is COC(=O)CCc1ccc(-n2c(C)c(-c3ccc(C#N)cc3)n(C)c2=O)cc1. The molecule has 1 heterocycles. The van der Waals surface area contributed by atoms with E-state index in [0.29, 0.717) is 18.4 Å². The van der Waals surface area contributed by atoms with E-state index in [1.54, 1.807) is 28.3 Å². The highest BCUT2D eigenvalue weighted by Crippen LogP contribution is 2.24. The molecular formula is C22H21N3O3. The zero-order valence-corrected chi connectivity index (χ0v) is 16.1. The summed E-state index contributed by atoms with van der Waals surface area (Å²) in [6, 6.07) is 16.9. The molecule has 0 N–H and O–H groups in total. The van der Waals surface area contributed by atoms with Crippen molar-refractivity contribution in [2.45, 2.75) is 19.8 Å². The Labute approximate surface area is 163 Å². The van der Waals surface area contributed by atoms with Gasteiger partial charge in [0.2, 0.25) is 0 Å². The van der Waals surface area contributed by atoms with Crippen molar-refractivity contribution >= 4 is 5.97 Å². The van der Waals surface area contributed by atoms with Gasteiger partial charge >= 0.3 is 11.7 Å². The molecule has 6 heteroatoms. The van der Waals surface area contributed by atoms with E-state index in [4.69, 9.17) is 5.26 Å². The second-order valence-corrected chi connectivity index (χ2v) is 6.54. The van der Waals surface area contributed by atoms with Crippen molar-refractivity contribution in [3.63, 3.8) is 0 Å². The fourth-order valence-corrected chi connectivity index (χ4v) is 3.31. The molecule has 0 aliphatic heterocycles. The highest BCUT2D eigenvalue weighted by Gasteiger charge is 2.17. The monoisotopic (exact) mass is 375 g/mol. The molecule has 0 aliphatic carbocycles. The number of carbonyl (C=O) groups excluding carboxylic acids is 1. The molecule has 0 spiro atoms. The van der Waals surface area contributed by atoms with Crippen LogP contribution in [0.5, 0.6) is 0 Å². The lowest BCUT2D eigenvalue weighted by atomic mass is 10.1. The van der Waals surface area contributed by atoms with Gasteiger partial charge in [0.05, 0.1) is 30.1 Å². The van der Waals surface area contributed by atoms with Crippen LogP contribution >= 0.6 is 0 Å². The fraction of sp³-hybridized carbons (Fsp3) is 0.227. The van der Waals surface area contributed by atoms with Gasteiger partial charge in [-0.25, -0.2) is 4.79 Å². The number of hydrogen-bond donors (Lipinski definition) is 0. The Morgan fingerprint density at radius 3 is 2.32 bits per heavy atom. The quantitative estimate of drug-likeness (QED) is 0.642. The first-order chi connectivity index (χ1) is 13.5. The normalized spacial score (nSPS) is 10.5. The number of carbonyl (C=O) groups is 1. The molecule has 3 aromatic rings. The Hall–Kier alpha value is -3.59. The summed E-state index contributed by atoms with van der Waals surface area (Å²) in [6.45, 7) is 1.90. The number of hydrogen-bond acceptors (Lipinski definition) is 4. The van der Waals surface area contributed by atoms with Crippen LogP contribution < -0.4 is 5.69 Å². The highest BCUT2D eigenvalue weighted by molar-refractivity contribution is 5.69. The summed E-state index contributed by atoms with van der Waals surface area (Å²) in [6.07, 6.45) is 0.912. The summed E-state index contributed by atoms with van der Waals surface area (Å²) in [4.78, 5) is 24.1. The molecule has 0 amide bonds. The minimum absolute atomic E-state index is 0.140. The van der Waals surface area contributed by atoms with Crippen LogP contribution in [0.1, 0.15) is 23.2 Å². The molecular weight excluding hydrogens is 354 g/mol. The molecule has 142 valence electrons. The molecule has 2 aromatic carbocycles. The minimum atomic E-state index is -0.244. The van der Waals surface area contributed by atoms with Crippen molar-refractivity contribution in [2.24, 2.45) is 7.05 Å². The number of imidazole rings is 1. The van der Waals surface area contributed by atoms with Gasteiger partial charge in [0.15, 0.2) is 0 Å². The van der Waals surface area contributed by atoms with Crippen molar-refractivity contribution in [1.82, 2.24) is 9.13 Å². The van der Waals surface area contributed by atoms with E-state index in [9.17, 15) is 9.59 Å². The molecule has 0 fully saturated rings. The van der Waals surface area contributed by atoms with Gasteiger partial charge in [0.1, 0.15) is 0 Å². The van der Waals surface area contributed by atoms with Crippen LogP contribution in [0.2, 0.25) is 0 Å². The number of ether oxygens (including phenoxy) is 1. The van der Waals surface area contributed by atoms with Gasteiger partial charge in [-0.05, 0) is 43.2 Å². The van der Waals surface area contributed by atoms with Crippen molar-refractivity contribution in [2.75, 3.05) is 7.11 Å². The Bertz CT molecular complexity index is 1100. The van der Waals surface area contributed by atoms with Gasteiger partial charge < -0.3 is 4.74 Å². The van der Waals surface area contributed by atoms with Crippen LogP contribution in [0.4, 0.5) is 0 Å². The molecule has 0 atom stereocenters. The zero-order chi connectivity index (χ0) is 20.3. The van der Waals surface area contributed by atoms with Gasteiger partial charge in [-0.2, -0.15) is 5.26 Å². The maximum Gasteiger partial charge on any atom is 0.333 e. The first kappa shape index (κ1) is 19.2. The van der Waals surface area contributed by atoms with E-state index >= 15 is 0 Å². The minimum Gasteiger partial charge on any atom is -0.469 e. The van der Waals surface area contributed by atoms with E-state index in [-0.39, 0.29) is 11.7 Å². The Morgan fingerprint density at radius 1 is 1.11 bits per heavy atom. The van der Waals surface area contributed by atoms with E-state index in [1.807, 2.05) is 43.3 Å². The lowest BCUT2D eigenvalue weighted by Crippen LogP contribution is -2.21. The van der Waals surface area contributed by atoms with E-state index in [2.05, 4.69) is 10.8 Å². The zero-order valence-electron chi connectivity index (χ0n) is 16.1. The molecule has 0 radical (unpaired) electrons. The van der Waals surface area contributed by atoms with Crippen LogP contribution in [-0.2, 0) is 23.0 Å². The average Bonchev–Trinajstić information content (AvgIpc) is 2.95. The third kappa shape index (κ3) is 3.60. The van der Waals surface area contributed by atoms with Crippen LogP contribution in [0.25, 0.3) is 16.9 Å². The summed E-state index contributed by atoms with van der Waals surface area (Å²) >= 11 is 0. The molecule has 0 bridgehead atoms. The van der Waals surface area contributed by atoms with E-state index in [0.717, 1.165) is 28.2 Å². The molecule has 0 saturated carbocycles. The first-order valence-electron chi connectivity index (χ1n) is 8.91. The van der Waals surface area contributed by atoms with Crippen molar-refractivity contribution < 1.29 is 9.53 Å². The number of esters is 1. The Balaban J connectivity index is 1.96. The molecule has 0 saturated heterocycles. The number of aryl methyl sites for hydroxylation is 1. The van der Waals surface area contributed by atoms with Crippen LogP contribution in [0.15, 0.2) is 53.3 Å². The summed E-state index contributed by atoms with van der Waals surface area (Å²) in [5.74, 6) is -0.244. The van der Waals surface area contributed by atoms with Gasteiger partial charge in [-0.3, -0.25) is 13.9 Å². The third-order valence-corrected chi connectivity index (χ3v) is 4.82. The molecule has 1 aromatic heterocycles. The van der Waals surface area contributed by atoms with E-state index in [1.165, 1.54) is 7.11 Å². The number of rotatable bonds is 5. The predicted octanol–water partition coefficient (Wildman–Crippen LogP) is 3.13. The van der Waals surface area contributed by atoms with Crippen LogP contribution in [0, 0.1) is 18.3 Å². The Morgan fingerprint density at radius 2 is 1.75 bits per heavy atom. The molecule has 28 heavy (non-hydrogen) atoms. The molecule has 3 rings (SSSR count). The predicted molar refractivity (Wildman–Crippen MR) is 106 cm³/mol. The second-order valence-electron chi connectivity index (χ2n) is 6.54. The summed E-state index contributed by atoms with van der Waals surface area (Å²) in [5.41, 5.74) is 4.71. The standard InChI is InChI=1S/C22H21N3O3/c1-15-21(18-9-4-17(14-23)5-10-18)24(2)22(27)25(15)19-11-6-16(7-12-19)8-13-20(26)28-3/h4-7,9-12H,8,13H2,1-3H3. The maximum atomic E-state index is 12.9. The smallest absolute Gasteiger partial charge is 0.333 e. The summed E-state index contributed by atoms with van der Waals surface area (Å²) in [7, 11) is 3.12. The third-order valence-electron chi connectivity index (χ3n) is 4.82. The number of aromatic nitrogens is 2. The molecule has 0 unspecified atom stereocenters. The van der Waals surface area contributed by atoms with Crippen LogP contribution in [-0.4, -0.2) is 22.2 Å².